The first-order valence-electron chi connectivity index (χ1n) is 3.71. The molecule has 2 N–H and O–H groups in total. The van der Waals surface area contributed by atoms with Crippen LogP contribution in [0.15, 0.2) is 24.3 Å². The summed E-state index contributed by atoms with van der Waals surface area (Å²) in [5.74, 6) is 0. The van der Waals surface area contributed by atoms with Gasteiger partial charge in [-0.1, -0.05) is 24.3 Å². The Morgan fingerprint density at radius 2 is 2.25 bits per heavy atom. The van der Waals surface area contributed by atoms with Gasteiger partial charge in [0, 0.05) is 0 Å². The number of hydrogen-bond acceptors (Lipinski definition) is 2. The lowest BCUT2D eigenvalue weighted by atomic mass is 10.1. The Kier molecular flexibility index (Phi) is 2.49. The van der Waals surface area contributed by atoms with E-state index >= 15 is 0 Å². The van der Waals surface area contributed by atoms with Crippen LogP contribution in [-0.2, 0) is 0 Å². The number of para-hydroxylation sites is 1. The highest BCUT2D eigenvalue weighted by molar-refractivity contribution is 5.70. The highest BCUT2D eigenvalue weighted by Gasteiger charge is 1.99. The van der Waals surface area contributed by atoms with Crippen molar-refractivity contribution in [2.75, 3.05) is 5.73 Å². The Morgan fingerprint density at radius 1 is 1.50 bits per heavy atom. The number of nitriles is 1. The second-order valence-electron chi connectivity index (χ2n) is 2.42. The first kappa shape index (κ1) is 8.35. The fourth-order valence-corrected chi connectivity index (χ4v) is 1.01. The van der Waals surface area contributed by atoms with Crippen LogP contribution in [0, 0.1) is 11.3 Å². The Bertz CT molecular complexity index is 345. The zero-order valence-electron chi connectivity index (χ0n) is 6.91. The Balaban J connectivity index is 3.25. The summed E-state index contributed by atoms with van der Waals surface area (Å²) < 4.78 is 0. The van der Waals surface area contributed by atoms with E-state index in [0.717, 1.165) is 5.56 Å². The molecule has 1 rings (SSSR count). The number of benzene rings is 1. The average molecular weight is 158 g/mol. The molecule has 2 heteroatoms. The molecule has 0 fully saturated rings. The maximum absolute atomic E-state index is 8.66. The third-order valence-electron chi connectivity index (χ3n) is 1.61. The number of nitrogens with zero attached hydrogens (tertiary/aromatic N) is 1. The summed E-state index contributed by atoms with van der Waals surface area (Å²) >= 11 is 0. The molecule has 0 spiro atoms. The fourth-order valence-electron chi connectivity index (χ4n) is 1.01. The SMILES string of the molecule is C/C=C\c1cccc(C#N)c1N. The van der Waals surface area contributed by atoms with Gasteiger partial charge in [0.2, 0.25) is 0 Å². The van der Waals surface area contributed by atoms with Crippen LogP contribution in [0.3, 0.4) is 0 Å². The van der Waals surface area contributed by atoms with Gasteiger partial charge >= 0.3 is 0 Å². The van der Waals surface area contributed by atoms with Crippen LogP contribution >= 0.6 is 0 Å². The molecule has 0 aliphatic rings. The summed E-state index contributed by atoms with van der Waals surface area (Å²) in [6.07, 6.45) is 3.78. The maximum Gasteiger partial charge on any atom is 0.101 e. The van der Waals surface area contributed by atoms with E-state index in [1.165, 1.54) is 0 Å². The minimum Gasteiger partial charge on any atom is -0.397 e. The molecule has 0 radical (unpaired) electrons. The van der Waals surface area contributed by atoms with E-state index in [0.29, 0.717) is 11.3 Å². The number of anilines is 1. The standard InChI is InChI=1S/C10H10N2/c1-2-4-8-5-3-6-9(7-11)10(8)12/h2-6H,12H2,1H3/b4-2-. The largest absolute Gasteiger partial charge is 0.397 e. The second-order valence-corrected chi connectivity index (χ2v) is 2.42. The fraction of sp³-hybridized carbons (Fsp3) is 0.100. The van der Waals surface area contributed by atoms with E-state index in [1.807, 2.05) is 37.3 Å². The van der Waals surface area contributed by atoms with Crippen molar-refractivity contribution < 1.29 is 0 Å². The van der Waals surface area contributed by atoms with Gasteiger partial charge in [-0.3, -0.25) is 0 Å². The van der Waals surface area contributed by atoms with Crippen LogP contribution < -0.4 is 5.73 Å². The third-order valence-corrected chi connectivity index (χ3v) is 1.61. The highest BCUT2D eigenvalue weighted by atomic mass is 14.6. The quantitative estimate of drug-likeness (QED) is 0.637. The minimum atomic E-state index is 0.533. The van der Waals surface area contributed by atoms with Gasteiger partial charge in [0.1, 0.15) is 6.07 Å². The molecule has 2 nitrogen and oxygen atoms in total. The van der Waals surface area contributed by atoms with E-state index in [9.17, 15) is 0 Å². The number of rotatable bonds is 1. The summed E-state index contributed by atoms with van der Waals surface area (Å²) in [6, 6.07) is 7.45. The Labute approximate surface area is 71.9 Å². The lowest BCUT2D eigenvalue weighted by Crippen LogP contribution is -1.92. The summed E-state index contributed by atoms with van der Waals surface area (Å²) in [7, 11) is 0. The molecule has 0 saturated carbocycles. The van der Waals surface area contributed by atoms with Gasteiger partial charge < -0.3 is 5.73 Å². The second kappa shape index (κ2) is 3.59. The first-order valence-corrected chi connectivity index (χ1v) is 3.71. The number of hydrogen-bond donors (Lipinski definition) is 1. The minimum absolute atomic E-state index is 0.533. The Morgan fingerprint density at radius 3 is 2.83 bits per heavy atom. The van der Waals surface area contributed by atoms with Gasteiger partial charge in [0.15, 0.2) is 0 Å². The molecule has 0 aliphatic carbocycles. The van der Waals surface area contributed by atoms with Crippen LogP contribution in [0.1, 0.15) is 18.1 Å². The number of nitrogen functional groups attached to an aromatic ring is 1. The van der Waals surface area contributed by atoms with Crippen LogP contribution in [0.4, 0.5) is 5.69 Å². The van der Waals surface area contributed by atoms with Crippen molar-refractivity contribution in [2.45, 2.75) is 6.92 Å². The van der Waals surface area contributed by atoms with Crippen LogP contribution in [0.5, 0.6) is 0 Å². The summed E-state index contributed by atoms with van der Waals surface area (Å²) in [4.78, 5) is 0. The molecule has 0 aliphatic heterocycles. The molecular weight excluding hydrogens is 148 g/mol. The van der Waals surface area contributed by atoms with Crippen molar-refractivity contribution >= 4 is 11.8 Å². The van der Waals surface area contributed by atoms with Gasteiger partial charge in [-0.05, 0) is 18.6 Å². The Hall–Kier alpha value is -1.75. The molecule has 0 aromatic heterocycles. The number of nitrogens with two attached hydrogens (primary N) is 1. The van der Waals surface area contributed by atoms with Crippen LogP contribution in [0.2, 0.25) is 0 Å². The van der Waals surface area contributed by atoms with Gasteiger partial charge in [0.25, 0.3) is 0 Å². The van der Waals surface area contributed by atoms with E-state index in [2.05, 4.69) is 0 Å². The predicted molar refractivity (Wildman–Crippen MR) is 50.3 cm³/mol. The number of allylic oxidation sites excluding steroid dienone is 1. The van der Waals surface area contributed by atoms with Crippen molar-refractivity contribution in [2.24, 2.45) is 0 Å². The lowest BCUT2D eigenvalue weighted by molar-refractivity contribution is 1.48. The molecule has 0 amide bonds. The van der Waals surface area contributed by atoms with E-state index in [-0.39, 0.29) is 0 Å². The molecule has 0 unspecified atom stereocenters. The molecule has 0 saturated heterocycles. The van der Waals surface area contributed by atoms with Crippen molar-refractivity contribution in [3.05, 3.63) is 35.4 Å². The average Bonchev–Trinajstić information content (AvgIpc) is 2.09. The molecule has 0 atom stereocenters. The normalized spacial score (nSPS) is 10.0. The molecule has 60 valence electrons. The van der Waals surface area contributed by atoms with Gasteiger partial charge in [-0.2, -0.15) is 5.26 Å². The van der Waals surface area contributed by atoms with E-state index in [1.54, 1.807) is 6.07 Å². The van der Waals surface area contributed by atoms with Crippen molar-refractivity contribution in [3.63, 3.8) is 0 Å². The zero-order chi connectivity index (χ0) is 8.97. The van der Waals surface area contributed by atoms with Gasteiger partial charge in [0.05, 0.1) is 11.3 Å². The van der Waals surface area contributed by atoms with E-state index < -0.39 is 0 Å². The van der Waals surface area contributed by atoms with Crippen LogP contribution in [-0.4, -0.2) is 0 Å². The predicted octanol–water partition coefficient (Wildman–Crippen LogP) is 2.17. The maximum atomic E-state index is 8.66. The van der Waals surface area contributed by atoms with Crippen molar-refractivity contribution in [3.8, 4) is 6.07 Å². The van der Waals surface area contributed by atoms with E-state index in [4.69, 9.17) is 11.0 Å². The third kappa shape index (κ3) is 1.46. The summed E-state index contributed by atoms with van der Waals surface area (Å²) in [5, 5.41) is 8.66. The molecule has 0 bridgehead atoms. The van der Waals surface area contributed by atoms with Gasteiger partial charge in [-0.25, -0.2) is 0 Å². The van der Waals surface area contributed by atoms with Crippen molar-refractivity contribution in [1.82, 2.24) is 0 Å². The molecular formula is C10H10N2. The van der Waals surface area contributed by atoms with Crippen molar-refractivity contribution in [1.29, 1.82) is 5.26 Å². The smallest absolute Gasteiger partial charge is 0.101 e. The lowest BCUT2D eigenvalue weighted by Gasteiger charge is -2.00. The first-order chi connectivity index (χ1) is 5.79. The topological polar surface area (TPSA) is 49.8 Å². The molecule has 0 heterocycles. The summed E-state index contributed by atoms with van der Waals surface area (Å²) in [5.41, 5.74) is 7.69. The summed E-state index contributed by atoms with van der Waals surface area (Å²) in [6.45, 7) is 1.92. The van der Waals surface area contributed by atoms with Crippen LogP contribution in [0.25, 0.3) is 6.08 Å². The monoisotopic (exact) mass is 158 g/mol. The molecule has 12 heavy (non-hydrogen) atoms. The molecule has 1 aromatic rings. The van der Waals surface area contributed by atoms with Gasteiger partial charge in [-0.15, -0.1) is 0 Å². The molecule has 1 aromatic carbocycles. The zero-order valence-corrected chi connectivity index (χ0v) is 6.91. The highest BCUT2D eigenvalue weighted by Crippen LogP contribution is 2.17.